The van der Waals surface area contributed by atoms with Crippen molar-refractivity contribution < 1.29 is 4.79 Å². The summed E-state index contributed by atoms with van der Waals surface area (Å²) in [5, 5.41) is 3.45. The van der Waals surface area contributed by atoms with E-state index < -0.39 is 0 Å². The predicted octanol–water partition coefficient (Wildman–Crippen LogP) is 5.31. The molecule has 5 aliphatic rings. The summed E-state index contributed by atoms with van der Waals surface area (Å²) in [5.74, 6) is 1.90. The van der Waals surface area contributed by atoms with Gasteiger partial charge in [-0.05, 0) is 78.7 Å². The SMILES string of the molecule is O=C(CC12CC3CC1CC(c1ccccc1)(C3)C2)NC1CCN(Cc2ccccc2)CC1. The number of carbonyl (C=O) groups is 1. The van der Waals surface area contributed by atoms with Gasteiger partial charge in [0.2, 0.25) is 5.91 Å². The number of likely N-dealkylation sites (tertiary alicyclic amines) is 1. The monoisotopic (exact) mass is 428 g/mol. The zero-order chi connectivity index (χ0) is 21.6. The van der Waals surface area contributed by atoms with Crippen molar-refractivity contribution in [2.75, 3.05) is 13.1 Å². The highest BCUT2D eigenvalue weighted by molar-refractivity contribution is 5.77. The molecule has 2 aromatic rings. The van der Waals surface area contributed by atoms with E-state index in [-0.39, 0.29) is 5.41 Å². The summed E-state index contributed by atoms with van der Waals surface area (Å²) < 4.78 is 0. The second-order valence-corrected chi connectivity index (χ2v) is 11.4. The molecule has 3 nitrogen and oxygen atoms in total. The molecule has 1 N–H and O–H groups in total. The molecule has 5 fully saturated rings. The highest BCUT2D eigenvalue weighted by Gasteiger charge is 2.64. The van der Waals surface area contributed by atoms with Gasteiger partial charge in [-0.25, -0.2) is 0 Å². The first-order chi connectivity index (χ1) is 15.6. The fourth-order valence-corrected chi connectivity index (χ4v) is 8.16. The van der Waals surface area contributed by atoms with Crippen LogP contribution in [0.3, 0.4) is 0 Å². The zero-order valence-electron chi connectivity index (χ0n) is 19.1. The van der Waals surface area contributed by atoms with Gasteiger partial charge in [0.05, 0.1) is 0 Å². The van der Waals surface area contributed by atoms with Gasteiger partial charge in [0, 0.05) is 32.1 Å². The van der Waals surface area contributed by atoms with E-state index in [0.29, 0.717) is 17.4 Å². The third-order valence-corrected chi connectivity index (χ3v) is 9.29. The van der Waals surface area contributed by atoms with E-state index in [4.69, 9.17) is 0 Å². The predicted molar refractivity (Wildman–Crippen MR) is 128 cm³/mol. The minimum atomic E-state index is 0.261. The van der Waals surface area contributed by atoms with Crippen LogP contribution in [0.25, 0.3) is 0 Å². The molecule has 168 valence electrons. The van der Waals surface area contributed by atoms with Gasteiger partial charge in [-0.2, -0.15) is 0 Å². The van der Waals surface area contributed by atoms with Crippen LogP contribution in [0, 0.1) is 17.3 Å². The first-order valence-corrected chi connectivity index (χ1v) is 12.7. The lowest BCUT2D eigenvalue weighted by atomic mass is 9.63. The number of hydrogen-bond acceptors (Lipinski definition) is 2. The highest BCUT2D eigenvalue weighted by atomic mass is 16.1. The second-order valence-electron chi connectivity index (χ2n) is 11.4. The zero-order valence-corrected chi connectivity index (χ0v) is 19.1. The average Bonchev–Trinajstić information content (AvgIpc) is 3.17. The first kappa shape index (κ1) is 20.5. The van der Waals surface area contributed by atoms with Crippen LogP contribution in [-0.4, -0.2) is 29.9 Å². The Morgan fingerprint density at radius 3 is 2.41 bits per heavy atom. The van der Waals surface area contributed by atoms with E-state index in [2.05, 4.69) is 70.9 Å². The van der Waals surface area contributed by atoms with Gasteiger partial charge in [-0.15, -0.1) is 0 Å². The van der Waals surface area contributed by atoms with Crippen molar-refractivity contribution in [1.29, 1.82) is 0 Å². The molecule has 3 heteroatoms. The summed E-state index contributed by atoms with van der Waals surface area (Å²) in [6.45, 7) is 3.18. The lowest BCUT2D eigenvalue weighted by molar-refractivity contribution is -0.125. The molecule has 0 radical (unpaired) electrons. The maximum atomic E-state index is 13.2. The molecule has 32 heavy (non-hydrogen) atoms. The Kier molecular flexibility index (Phi) is 5.13. The Balaban J connectivity index is 1.05. The summed E-state index contributed by atoms with van der Waals surface area (Å²) in [5.41, 5.74) is 3.52. The minimum absolute atomic E-state index is 0.261. The van der Waals surface area contributed by atoms with Gasteiger partial charge >= 0.3 is 0 Å². The van der Waals surface area contributed by atoms with Gasteiger partial charge < -0.3 is 5.32 Å². The van der Waals surface area contributed by atoms with Crippen molar-refractivity contribution in [2.45, 2.75) is 69.4 Å². The number of rotatable bonds is 6. The first-order valence-electron chi connectivity index (χ1n) is 12.7. The van der Waals surface area contributed by atoms with Crippen molar-refractivity contribution in [3.8, 4) is 0 Å². The number of benzene rings is 2. The van der Waals surface area contributed by atoms with Crippen LogP contribution in [0.1, 0.15) is 62.5 Å². The molecule has 1 aliphatic heterocycles. The van der Waals surface area contributed by atoms with Crippen LogP contribution in [0.2, 0.25) is 0 Å². The third kappa shape index (κ3) is 3.69. The van der Waals surface area contributed by atoms with Crippen LogP contribution in [0.5, 0.6) is 0 Å². The largest absolute Gasteiger partial charge is 0.353 e. The van der Waals surface area contributed by atoms with E-state index in [1.54, 1.807) is 0 Å². The molecule has 1 amide bonds. The van der Waals surface area contributed by atoms with E-state index in [0.717, 1.165) is 50.7 Å². The lowest BCUT2D eigenvalue weighted by Crippen LogP contribution is -2.45. The lowest BCUT2D eigenvalue weighted by Gasteiger charge is -2.41. The van der Waals surface area contributed by atoms with Crippen molar-refractivity contribution in [1.82, 2.24) is 10.2 Å². The summed E-state index contributed by atoms with van der Waals surface area (Å²) in [4.78, 5) is 15.7. The fourth-order valence-electron chi connectivity index (χ4n) is 8.16. The molecule has 0 aromatic heterocycles. The topological polar surface area (TPSA) is 32.3 Å². The van der Waals surface area contributed by atoms with Crippen LogP contribution in [0.15, 0.2) is 60.7 Å². The van der Waals surface area contributed by atoms with Crippen molar-refractivity contribution in [3.63, 3.8) is 0 Å². The molecule has 7 rings (SSSR count). The average molecular weight is 429 g/mol. The van der Waals surface area contributed by atoms with E-state index in [1.807, 2.05) is 0 Å². The van der Waals surface area contributed by atoms with Gasteiger partial charge in [-0.3, -0.25) is 9.69 Å². The summed E-state index contributed by atoms with van der Waals surface area (Å²) >= 11 is 0. The highest BCUT2D eigenvalue weighted by Crippen LogP contribution is 2.71. The summed E-state index contributed by atoms with van der Waals surface area (Å²) in [6, 6.07) is 22.3. The Labute approximate surface area is 192 Å². The van der Waals surface area contributed by atoms with E-state index >= 15 is 0 Å². The van der Waals surface area contributed by atoms with Crippen LogP contribution >= 0.6 is 0 Å². The third-order valence-electron chi connectivity index (χ3n) is 9.29. The van der Waals surface area contributed by atoms with Crippen LogP contribution in [0.4, 0.5) is 0 Å². The smallest absolute Gasteiger partial charge is 0.220 e. The van der Waals surface area contributed by atoms with Gasteiger partial charge in [0.25, 0.3) is 0 Å². The van der Waals surface area contributed by atoms with Gasteiger partial charge in [-0.1, -0.05) is 60.7 Å². The fraction of sp³-hybridized carbons (Fsp3) is 0.552. The molecule has 4 bridgehead atoms. The minimum Gasteiger partial charge on any atom is -0.353 e. The second kappa shape index (κ2) is 8.02. The Morgan fingerprint density at radius 1 is 0.938 bits per heavy atom. The van der Waals surface area contributed by atoms with E-state index in [1.165, 1.54) is 43.2 Å². The molecule has 4 unspecified atom stereocenters. The molecule has 1 saturated heterocycles. The quantitative estimate of drug-likeness (QED) is 0.677. The maximum absolute atomic E-state index is 13.2. The Bertz CT molecular complexity index is 952. The van der Waals surface area contributed by atoms with Crippen molar-refractivity contribution in [2.24, 2.45) is 17.3 Å². The number of nitrogens with one attached hydrogen (secondary N) is 1. The molecule has 2 aromatic carbocycles. The summed E-state index contributed by atoms with van der Waals surface area (Å²) in [6.07, 6.45) is 9.43. The molecule has 4 aliphatic carbocycles. The van der Waals surface area contributed by atoms with Gasteiger partial charge in [0.15, 0.2) is 0 Å². The standard InChI is InChI=1S/C29H36N2O/c32-27(30-26-11-13-31(14-12-26)20-22-7-3-1-4-8-22)19-29-17-23-15-25(29)18-28(16-23,21-29)24-9-5-2-6-10-24/h1-10,23,25-26H,11-21H2,(H,30,32). The van der Waals surface area contributed by atoms with E-state index in [9.17, 15) is 4.79 Å². The summed E-state index contributed by atoms with van der Waals surface area (Å²) in [7, 11) is 0. The number of hydrogen-bond donors (Lipinski definition) is 1. The Morgan fingerprint density at radius 2 is 1.66 bits per heavy atom. The number of nitrogens with zero attached hydrogens (tertiary/aromatic N) is 1. The number of amides is 1. The molecular weight excluding hydrogens is 392 g/mol. The molecular formula is C29H36N2O. The maximum Gasteiger partial charge on any atom is 0.220 e. The molecule has 0 spiro atoms. The molecule has 4 atom stereocenters. The molecule has 4 saturated carbocycles. The van der Waals surface area contributed by atoms with Crippen LogP contribution < -0.4 is 5.32 Å². The van der Waals surface area contributed by atoms with Crippen molar-refractivity contribution in [3.05, 3.63) is 71.8 Å². The normalized spacial score (nSPS) is 34.1. The van der Waals surface area contributed by atoms with Crippen LogP contribution in [-0.2, 0) is 16.8 Å². The van der Waals surface area contributed by atoms with Gasteiger partial charge in [0.1, 0.15) is 0 Å². The molecule has 1 heterocycles. The number of piperidine rings is 1. The Hall–Kier alpha value is -2.13. The van der Waals surface area contributed by atoms with Crippen molar-refractivity contribution >= 4 is 5.91 Å². The number of carbonyl (C=O) groups excluding carboxylic acids is 1.